The van der Waals surface area contributed by atoms with Gasteiger partial charge in [0.25, 0.3) is 0 Å². The van der Waals surface area contributed by atoms with E-state index in [0.29, 0.717) is 41.0 Å². The van der Waals surface area contributed by atoms with E-state index in [4.69, 9.17) is 4.74 Å². The van der Waals surface area contributed by atoms with Gasteiger partial charge in [-0.3, -0.25) is 4.79 Å². The van der Waals surface area contributed by atoms with Crippen molar-refractivity contribution in [3.8, 4) is 5.75 Å². The van der Waals surface area contributed by atoms with Crippen LogP contribution in [0.5, 0.6) is 5.75 Å². The van der Waals surface area contributed by atoms with Crippen LogP contribution >= 0.6 is 0 Å². The van der Waals surface area contributed by atoms with Crippen molar-refractivity contribution in [1.82, 2.24) is 5.32 Å². The summed E-state index contributed by atoms with van der Waals surface area (Å²) in [5.41, 5.74) is 1.59. The smallest absolute Gasteiger partial charge is 0.226 e. The number of hydrogen-bond donors (Lipinski definition) is 2. The Balaban J connectivity index is 0.00000108. The van der Waals surface area contributed by atoms with Crippen molar-refractivity contribution < 1.29 is 14.6 Å². The van der Waals surface area contributed by atoms with Crippen LogP contribution in [-0.4, -0.2) is 24.2 Å². The molecule has 9 unspecified atom stereocenters. The summed E-state index contributed by atoms with van der Waals surface area (Å²) in [6, 6.07) is 8.04. The molecule has 41 heavy (non-hydrogen) atoms. The number of methoxy groups -OCH3 is 1. The number of carbonyl (C=O) groups excluding carboxylic acids is 1. The summed E-state index contributed by atoms with van der Waals surface area (Å²) in [5.74, 6) is 4.48. The van der Waals surface area contributed by atoms with Crippen LogP contribution in [-0.2, 0) is 11.3 Å². The standard InChI is InChI=1S/C34H51NO3.C3H6/c1-31(2)27-15-18-32(3)24-14-20-34(30(37)35-21-22-9-6-7-11-26(22)38-5)17-8-10-25(34)23(24)12-13-28(32)33(27,4)19-16-29(31)36;1-3-2/h6-7,9,11,23-25,27-29,36H,8,10,12-21H2,1-5H3,(H,35,37);3H,1H2,2H3. The first kappa shape index (κ1) is 30.6. The fourth-order valence-electron chi connectivity index (χ4n) is 11.8. The predicted octanol–water partition coefficient (Wildman–Crippen LogP) is 8.33. The lowest BCUT2D eigenvalue weighted by molar-refractivity contribution is -0.214. The third-order valence-corrected chi connectivity index (χ3v) is 13.6. The Hall–Kier alpha value is -1.81. The van der Waals surface area contributed by atoms with Crippen LogP contribution in [0.15, 0.2) is 36.9 Å². The molecule has 4 heteroatoms. The van der Waals surface area contributed by atoms with Crippen LogP contribution in [0.2, 0.25) is 0 Å². The number of amides is 1. The number of fused-ring (bicyclic) bond motifs is 7. The maximum atomic E-state index is 14.0. The number of ether oxygens (including phenoxy) is 1. The van der Waals surface area contributed by atoms with Gasteiger partial charge in [-0.1, -0.05) is 58.4 Å². The van der Waals surface area contributed by atoms with E-state index in [9.17, 15) is 9.90 Å². The molecule has 1 amide bonds. The molecule has 5 aliphatic rings. The molecule has 5 aliphatic carbocycles. The number of carbonyl (C=O) groups is 1. The van der Waals surface area contributed by atoms with Gasteiger partial charge in [-0.2, -0.15) is 0 Å². The molecule has 9 atom stereocenters. The second-order valence-corrected chi connectivity index (χ2v) is 15.5. The maximum absolute atomic E-state index is 14.0. The number of rotatable bonds is 4. The molecular formula is C37H57NO3. The molecule has 5 fully saturated rings. The summed E-state index contributed by atoms with van der Waals surface area (Å²) >= 11 is 0. The molecule has 0 bridgehead atoms. The van der Waals surface area contributed by atoms with Gasteiger partial charge in [-0.15, -0.1) is 6.58 Å². The fourth-order valence-corrected chi connectivity index (χ4v) is 11.8. The molecule has 0 heterocycles. The van der Waals surface area contributed by atoms with Crippen LogP contribution in [0.25, 0.3) is 0 Å². The molecule has 2 N–H and O–H groups in total. The molecule has 4 nitrogen and oxygen atoms in total. The number of para-hydroxylation sites is 1. The first-order chi connectivity index (χ1) is 19.5. The summed E-state index contributed by atoms with van der Waals surface area (Å²) in [5, 5.41) is 14.3. The Labute approximate surface area is 250 Å². The van der Waals surface area contributed by atoms with Gasteiger partial charge in [0, 0.05) is 12.1 Å². The number of hydrogen-bond acceptors (Lipinski definition) is 3. The van der Waals surface area contributed by atoms with Gasteiger partial charge in [-0.05, 0) is 123 Å². The van der Waals surface area contributed by atoms with E-state index in [2.05, 4.69) is 45.7 Å². The number of aliphatic hydroxyl groups excluding tert-OH is 1. The molecule has 5 saturated carbocycles. The zero-order valence-electron chi connectivity index (χ0n) is 26.8. The Bertz CT molecular complexity index is 1110. The van der Waals surface area contributed by atoms with Gasteiger partial charge in [0.15, 0.2) is 0 Å². The second kappa shape index (κ2) is 11.4. The number of allylic oxidation sites excluding steroid dienone is 1. The highest BCUT2D eigenvalue weighted by Gasteiger charge is 2.67. The maximum Gasteiger partial charge on any atom is 0.226 e. The van der Waals surface area contributed by atoms with Crippen LogP contribution in [0.4, 0.5) is 0 Å². The van der Waals surface area contributed by atoms with Gasteiger partial charge in [0.05, 0.1) is 18.6 Å². The molecule has 0 saturated heterocycles. The van der Waals surface area contributed by atoms with Crippen molar-refractivity contribution in [3.05, 3.63) is 42.5 Å². The monoisotopic (exact) mass is 563 g/mol. The summed E-state index contributed by atoms with van der Waals surface area (Å²) in [6.07, 6.45) is 14.6. The van der Waals surface area contributed by atoms with E-state index in [1.807, 2.05) is 25.1 Å². The summed E-state index contributed by atoms with van der Waals surface area (Å²) in [6.45, 7) is 15.7. The van der Waals surface area contributed by atoms with Crippen molar-refractivity contribution in [2.75, 3.05) is 7.11 Å². The van der Waals surface area contributed by atoms with E-state index in [-0.39, 0.29) is 16.9 Å². The molecule has 228 valence electrons. The Kier molecular flexibility index (Phi) is 8.49. The highest BCUT2D eigenvalue weighted by atomic mass is 16.5. The van der Waals surface area contributed by atoms with Gasteiger partial charge >= 0.3 is 0 Å². The predicted molar refractivity (Wildman–Crippen MR) is 167 cm³/mol. The van der Waals surface area contributed by atoms with Gasteiger partial charge < -0.3 is 15.2 Å². The van der Waals surface area contributed by atoms with Crippen molar-refractivity contribution in [2.45, 2.75) is 118 Å². The van der Waals surface area contributed by atoms with Crippen LogP contribution in [0, 0.1) is 51.2 Å². The number of nitrogens with one attached hydrogen (secondary N) is 1. The van der Waals surface area contributed by atoms with Gasteiger partial charge in [0.2, 0.25) is 5.91 Å². The Morgan fingerprint density at radius 2 is 1.66 bits per heavy atom. The Morgan fingerprint density at radius 1 is 0.951 bits per heavy atom. The lowest BCUT2D eigenvalue weighted by Gasteiger charge is -2.69. The van der Waals surface area contributed by atoms with Gasteiger partial charge in [0.1, 0.15) is 5.75 Å². The Morgan fingerprint density at radius 3 is 2.39 bits per heavy atom. The van der Waals surface area contributed by atoms with Crippen LogP contribution in [0.1, 0.15) is 111 Å². The summed E-state index contributed by atoms with van der Waals surface area (Å²) in [4.78, 5) is 14.0. The SMILES string of the molecule is C=CC.COc1ccccc1CNC(=O)C12CCCC1C1CCC3C(C)(CCC4C(C)(C)C(O)CCC43C)C1CC2. The minimum Gasteiger partial charge on any atom is -0.496 e. The third-order valence-electron chi connectivity index (χ3n) is 13.6. The first-order valence-corrected chi connectivity index (χ1v) is 16.6. The van der Waals surface area contributed by atoms with E-state index in [1.165, 1.54) is 51.4 Å². The largest absolute Gasteiger partial charge is 0.496 e. The normalized spacial score (nSPS) is 42.2. The molecule has 0 spiro atoms. The highest BCUT2D eigenvalue weighted by molar-refractivity contribution is 5.83. The molecular weight excluding hydrogens is 506 g/mol. The van der Waals surface area contributed by atoms with Crippen LogP contribution < -0.4 is 10.1 Å². The molecule has 0 aromatic heterocycles. The fraction of sp³-hybridized carbons (Fsp3) is 0.757. The molecule has 0 radical (unpaired) electrons. The second-order valence-electron chi connectivity index (χ2n) is 15.5. The average molecular weight is 564 g/mol. The minimum absolute atomic E-state index is 0.0118. The lowest BCUT2D eigenvalue weighted by atomic mass is 9.36. The third kappa shape index (κ3) is 4.79. The van der Waals surface area contributed by atoms with Crippen molar-refractivity contribution in [3.63, 3.8) is 0 Å². The lowest BCUT2D eigenvalue weighted by Crippen LogP contribution is -2.63. The number of aliphatic hydroxyl groups is 1. The molecule has 0 aliphatic heterocycles. The van der Waals surface area contributed by atoms with E-state index in [1.54, 1.807) is 13.2 Å². The topological polar surface area (TPSA) is 58.6 Å². The average Bonchev–Trinajstić information content (AvgIpc) is 3.40. The van der Waals surface area contributed by atoms with Crippen molar-refractivity contribution in [1.29, 1.82) is 0 Å². The molecule has 6 rings (SSSR count). The summed E-state index contributed by atoms with van der Waals surface area (Å²) in [7, 11) is 1.70. The summed E-state index contributed by atoms with van der Waals surface area (Å²) < 4.78 is 5.54. The number of benzene rings is 1. The zero-order valence-corrected chi connectivity index (χ0v) is 26.8. The van der Waals surface area contributed by atoms with E-state index < -0.39 is 0 Å². The van der Waals surface area contributed by atoms with Gasteiger partial charge in [-0.25, -0.2) is 0 Å². The first-order valence-electron chi connectivity index (χ1n) is 16.6. The minimum atomic E-state index is -0.176. The molecule has 1 aromatic carbocycles. The quantitative estimate of drug-likeness (QED) is 0.362. The van der Waals surface area contributed by atoms with Crippen LogP contribution in [0.3, 0.4) is 0 Å². The highest BCUT2D eigenvalue weighted by Crippen LogP contribution is 2.73. The van der Waals surface area contributed by atoms with E-state index in [0.717, 1.165) is 42.4 Å². The van der Waals surface area contributed by atoms with Crippen molar-refractivity contribution >= 4 is 5.91 Å². The van der Waals surface area contributed by atoms with E-state index >= 15 is 0 Å². The molecule has 1 aromatic rings. The van der Waals surface area contributed by atoms with Crippen molar-refractivity contribution in [2.24, 2.45) is 51.2 Å². The zero-order chi connectivity index (χ0) is 29.6.